The highest BCUT2D eigenvalue weighted by Gasteiger charge is 2.22. The fraction of sp³-hybridized carbons (Fsp3) is 0.688. The molecule has 1 atom stereocenters. The molecule has 1 aromatic heterocycles. The molecule has 0 unspecified atom stereocenters. The zero-order valence-electron chi connectivity index (χ0n) is 14.3. The topological polar surface area (TPSA) is 79.8 Å². The molecule has 0 radical (unpaired) electrons. The Balaban J connectivity index is 1.60. The Kier molecular flexibility index (Phi) is 5.47. The fourth-order valence-corrected chi connectivity index (χ4v) is 2.90. The molecule has 8 heteroatoms. The summed E-state index contributed by atoms with van der Waals surface area (Å²) in [5, 5.41) is 3.32. The summed E-state index contributed by atoms with van der Waals surface area (Å²) in [5.74, 6) is 1.61. The molecule has 2 fully saturated rings. The minimum Gasteiger partial charge on any atom is -0.378 e. The van der Waals surface area contributed by atoms with Crippen molar-refractivity contribution in [3.63, 3.8) is 0 Å². The molecular formula is C16H25N5O3. The highest BCUT2D eigenvalue weighted by atomic mass is 16.5. The van der Waals surface area contributed by atoms with E-state index in [4.69, 9.17) is 9.47 Å². The summed E-state index contributed by atoms with van der Waals surface area (Å²) >= 11 is 0. The predicted molar refractivity (Wildman–Crippen MR) is 90.3 cm³/mol. The van der Waals surface area contributed by atoms with E-state index in [9.17, 15) is 4.79 Å². The summed E-state index contributed by atoms with van der Waals surface area (Å²) < 4.78 is 11.1. The molecule has 132 valence electrons. The summed E-state index contributed by atoms with van der Waals surface area (Å²) in [7, 11) is 0. The average molecular weight is 335 g/mol. The van der Waals surface area contributed by atoms with Crippen LogP contribution >= 0.6 is 0 Å². The molecule has 0 aromatic carbocycles. The highest BCUT2D eigenvalue weighted by Crippen LogP contribution is 2.15. The summed E-state index contributed by atoms with van der Waals surface area (Å²) in [6.07, 6.45) is -0.0234. The second-order valence-corrected chi connectivity index (χ2v) is 6.13. The Morgan fingerprint density at radius 2 is 2.08 bits per heavy atom. The molecule has 1 aromatic rings. The Labute approximate surface area is 142 Å². The average Bonchev–Trinajstić information content (AvgIpc) is 2.60. The van der Waals surface area contributed by atoms with Gasteiger partial charge in [0.15, 0.2) is 0 Å². The lowest BCUT2D eigenvalue weighted by molar-refractivity contribution is -0.135. The minimum atomic E-state index is -0.0234. The standard InChI is InChI=1S/C16H25N5O3/c1-12-9-15(19-16(18-12)20-3-6-23-7-4-20)17-10-14-11-21(13(2)22)5-8-24-14/h9,14H,3-8,10-11H2,1-2H3,(H,17,18,19)/t14-/m1/s1. The number of aryl methyl sites for hydroxylation is 1. The lowest BCUT2D eigenvalue weighted by Gasteiger charge is -2.32. The maximum atomic E-state index is 11.5. The smallest absolute Gasteiger partial charge is 0.227 e. The van der Waals surface area contributed by atoms with E-state index in [1.165, 1.54) is 0 Å². The first-order valence-corrected chi connectivity index (χ1v) is 8.41. The molecule has 2 aliphatic heterocycles. The van der Waals surface area contributed by atoms with Crippen LogP contribution in [0.5, 0.6) is 0 Å². The maximum absolute atomic E-state index is 11.5. The largest absolute Gasteiger partial charge is 0.378 e. The van der Waals surface area contributed by atoms with Crippen LogP contribution in [0.25, 0.3) is 0 Å². The molecule has 0 spiro atoms. The zero-order valence-corrected chi connectivity index (χ0v) is 14.3. The van der Waals surface area contributed by atoms with Crippen LogP contribution in [0.3, 0.4) is 0 Å². The number of hydrogen-bond acceptors (Lipinski definition) is 7. The van der Waals surface area contributed by atoms with Gasteiger partial charge in [0.05, 0.1) is 25.9 Å². The molecule has 3 rings (SSSR count). The van der Waals surface area contributed by atoms with Crippen LogP contribution in [0.1, 0.15) is 12.6 Å². The van der Waals surface area contributed by atoms with Crippen molar-refractivity contribution < 1.29 is 14.3 Å². The molecule has 2 aliphatic rings. The van der Waals surface area contributed by atoms with E-state index in [1.54, 1.807) is 6.92 Å². The van der Waals surface area contributed by atoms with Crippen molar-refractivity contribution >= 4 is 17.7 Å². The summed E-state index contributed by atoms with van der Waals surface area (Å²) in [6.45, 7) is 9.06. The first-order valence-electron chi connectivity index (χ1n) is 8.41. The van der Waals surface area contributed by atoms with Crippen LogP contribution in [0.15, 0.2) is 6.07 Å². The molecular weight excluding hydrogens is 310 g/mol. The van der Waals surface area contributed by atoms with Gasteiger partial charge < -0.3 is 24.6 Å². The van der Waals surface area contributed by atoms with Gasteiger partial charge in [-0.2, -0.15) is 4.98 Å². The number of anilines is 2. The molecule has 3 heterocycles. The molecule has 8 nitrogen and oxygen atoms in total. The van der Waals surface area contributed by atoms with Gasteiger partial charge in [0.1, 0.15) is 5.82 Å². The number of carbonyl (C=O) groups excluding carboxylic acids is 1. The third-order valence-electron chi connectivity index (χ3n) is 4.23. The first-order chi connectivity index (χ1) is 11.6. The number of ether oxygens (including phenoxy) is 2. The van der Waals surface area contributed by atoms with Crippen LogP contribution in [-0.2, 0) is 14.3 Å². The van der Waals surface area contributed by atoms with Crippen molar-refractivity contribution in [2.45, 2.75) is 20.0 Å². The van der Waals surface area contributed by atoms with E-state index < -0.39 is 0 Å². The number of amides is 1. The Morgan fingerprint density at radius 1 is 1.29 bits per heavy atom. The lowest BCUT2D eigenvalue weighted by Crippen LogP contribution is -2.47. The third-order valence-corrected chi connectivity index (χ3v) is 4.23. The van der Waals surface area contributed by atoms with E-state index in [2.05, 4.69) is 20.2 Å². The molecule has 1 N–H and O–H groups in total. The van der Waals surface area contributed by atoms with Crippen molar-refractivity contribution in [1.82, 2.24) is 14.9 Å². The number of aromatic nitrogens is 2. The summed E-state index contributed by atoms with van der Waals surface area (Å²) in [6, 6.07) is 1.93. The van der Waals surface area contributed by atoms with E-state index in [0.717, 1.165) is 30.5 Å². The molecule has 24 heavy (non-hydrogen) atoms. The summed E-state index contributed by atoms with van der Waals surface area (Å²) in [4.78, 5) is 24.6. The number of rotatable bonds is 4. The van der Waals surface area contributed by atoms with Gasteiger partial charge in [-0.15, -0.1) is 0 Å². The zero-order chi connectivity index (χ0) is 16.9. The van der Waals surface area contributed by atoms with Crippen molar-refractivity contribution in [2.24, 2.45) is 0 Å². The van der Waals surface area contributed by atoms with Gasteiger partial charge in [-0.1, -0.05) is 0 Å². The molecule has 0 aliphatic carbocycles. The molecule has 1 amide bonds. The number of nitrogens with one attached hydrogen (secondary N) is 1. The van der Waals surface area contributed by atoms with Crippen LogP contribution < -0.4 is 10.2 Å². The van der Waals surface area contributed by atoms with E-state index in [1.807, 2.05) is 17.9 Å². The third kappa shape index (κ3) is 4.33. The SMILES string of the molecule is CC(=O)N1CCO[C@H](CNc2cc(C)nc(N3CCOCC3)n2)C1. The highest BCUT2D eigenvalue weighted by molar-refractivity contribution is 5.73. The number of hydrogen-bond donors (Lipinski definition) is 1. The second-order valence-electron chi connectivity index (χ2n) is 6.13. The minimum absolute atomic E-state index is 0.0234. The van der Waals surface area contributed by atoms with Gasteiger partial charge >= 0.3 is 0 Å². The number of carbonyl (C=O) groups is 1. The van der Waals surface area contributed by atoms with Crippen molar-refractivity contribution in [3.05, 3.63) is 11.8 Å². The number of morpholine rings is 2. The van der Waals surface area contributed by atoms with E-state index in [-0.39, 0.29) is 12.0 Å². The fourth-order valence-electron chi connectivity index (χ4n) is 2.90. The number of nitrogens with zero attached hydrogens (tertiary/aromatic N) is 4. The normalized spacial score (nSPS) is 21.7. The summed E-state index contributed by atoms with van der Waals surface area (Å²) in [5.41, 5.74) is 0.920. The second kappa shape index (κ2) is 7.76. The van der Waals surface area contributed by atoms with Crippen molar-refractivity contribution in [1.29, 1.82) is 0 Å². The maximum Gasteiger partial charge on any atom is 0.227 e. The van der Waals surface area contributed by atoms with Crippen LogP contribution in [0.2, 0.25) is 0 Å². The van der Waals surface area contributed by atoms with Crippen molar-refractivity contribution in [2.75, 3.05) is 62.8 Å². The van der Waals surface area contributed by atoms with Gasteiger partial charge in [0.25, 0.3) is 0 Å². The molecule has 0 saturated carbocycles. The molecule has 0 bridgehead atoms. The van der Waals surface area contributed by atoms with Gasteiger partial charge in [-0.05, 0) is 6.92 Å². The first kappa shape index (κ1) is 16.9. The van der Waals surface area contributed by atoms with Gasteiger partial charge in [-0.3, -0.25) is 4.79 Å². The van der Waals surface area contributed by atoms with Crippen molar-refractivity contribution in [3.8, 4) is 0 Å². The van der Waals surface area contributed by atoms with Crippen LogP contribution in [-0.4, -0.2) is 79.4 Å². The van der Waals surface area contributed by atoms with E-state index in [0.29, 0.717) is 39.5 Å². The Hall–Kier alpha value is -1.93. The van der Waals surface area contributed by atoms with Gasteiger partial charge in [0.2, 0.25) is 11.9 Å². The predicted octanol–water partition coefficient (Wildman–Crippen LogP) is 0.281. The lowest BCUT2D eigenvalue weighted by atomic mass is 10.2. The Morgan fingerprint density at radius 3 is 2.83 bits per heavy atom. The van der Waals surface area contributed by atoms with Crippen LogP contribution in [0.4, 0.5) is 11.8 Å². The van der Waals surface area contributed by atoms with E-state index >= 15 is 0 Å². The van der Waals surface area contributed by atoms with Gasteiger partial charge in [-0.25, -0.2) is 4.98 Å². The van der Waals surface area contributed by atoms with Gasteiger partial charge in [0, 0.05) is 51.4 Å². The molecule has 2 saturated heterocycles. The monoisotopic (exact) mass is 335 g/mol. The quantitative estimate of drug-likeness (QED) is 0.846. The van der Waals surface area contributed by atoms with Crippen LogP contribution in [0, 0.1) is 6.92 Å². The Bertz CT molecular complexity index is 577.